The maximum Gasteiger partial charge on any atom is 0.386 e. The van der Waals surface area contributed by atoms with E-state index in [1.807, 2.05) is 0 Å². The van der Waals surface area contributed by atoms with Crippen LogP contribution in [0.15, 0.2) is 23.8 Å². The number of rotatable bonds is 2. The maximum atomic E-state index is 16.1. The Balaban J connectivity index is 1.06. The summed E-state index contributed by atoms with van der Waals surface area (Å²) in [7, 11) is 0. The highest BCUT2D eigenvalue weighted by Gasteiger charge is 2.52. The molecule has 1 saturated carbocycles. The van der Waals surface area contributed by atoms with E-state index >= 15 is 4.39 Å². The highest BCUT2D eigenvalue weighted by Crippen LogP contribution is 2.59. The zero-order valence-electron chi connectivity index (χ0n) is 23.1. The monoisotopic (exact) mass is 716 g/mol. The fraction of sp³-hybridized carbons (Fsp3) is 0.524. The van der Waals surface area contributed by atoms with Gasteiger partial charge in [0.25, 0.3) is 5.78 Å². The average Bonchev–Trinajstić information content (AvgIpc) is 3.79. The smallest absolute Gasteiger partial charge is 0.382 e. The van der Waals surface area contributed by atoms with Gasteiger partial charge in [0.1, 0.15) is 24.1 Å². The number of alkyl halides is 1. The van der Waals surface area contributed by atoms with Crippen LogP contribution in [0.4, 0.5) is 10.2 Å². The molecule has 4 N–H and O–H groups in total. The number of anilines is 1. The molecule has 3 fully saturated rings. The van der Waals surface area contributed by atoms with Crippen LogP contribution >= 0.6 is 25.8 Å². The number of aromatic amines is 1. The van der Waals surface area contributed by atoms with E-state index in [1.165, 1.54) is 23.5 Å². The molecule has 2 aliphatic heterocycles. The normalized spacial score (nSPS) is 35.7. The van der Waals surface area contributed by atoms with Crippen LogP contribution < -0.4 is 11.3 Å². The third kappa shape index (κ3) is 5.05. The van der Waals surface area contributed by atoms with Gasteiger partial charge in [0, 0.05) is 12.0 Å². The summed E-state index contributed by atoms with van der Waals surface area (Å²) in [5.41, 5.74) is 6.15. The van der Waals surface area contributed by atoms with Gasteiger partial charge in [-0.3, -0.25) is 13.9 Å². The molecule has 8 rings (SSSR count). The molecular formula is C21H23FN12O8P2S2. The van der Waals surface area contributed by atoms with Gasteiger partial charge in [-0.1, -0.05) is 17.3 Å². The number of hydrogen-bond donors (Lipinski definition) is 4. The first-order chi connectivity index (χ1) is 22.0. The van der Waals surface area contributed by atoms with Crippen molar-refractivity contribution < 1.29 is 36.7 Å². The Morgan fingerprint density at radius 3 is 2.72 bits per heavy atom. The average molecular weight is 717 g/mol. The van der Waals surface area contributed by atoms with E-state index in [2.05, 4.69) is 52.7 Å². The lowest BCUT2D eigenvalue weighted by molar-refractivity contribution is -0.0423. The molecule has 3 aliphatic rings. The Morgan fingerprint density at radius 1 is 1.09 bits per heavy atom. The van der Waals surface area contributed by atoms with E-state index in [0.29, 0.717) is 6.42 Å². The van der Waals surface area contributed by atoms with Gasteiger partial charge in [-0.05, 0) is 29.4 Å². The van der Waals surface area contributed by atoms with Crippen LogP contribution in [0.2, 0.25) is 0 Å². The van der Waals surface area contributed by atoms with Crippen molar-refractivity contribution in [2.75, 3.05) is 25.6 Å². The number of ether oxygens (including phenoxy) is 1. The van der Waals surface area contributed by atoms with E-state index in [-0.39, 0.29) is 59.1 Å². The molecule has 25 heteroatoms. The second-order valence-corrected chi connectivity index (χ2v) is 16.6. The predicted octanol–water partition coefficient (Wildman–Crippen LogP) is 0.700. The second kappa shape index (κ2) is 11.0. The first-order valence-corrected chi connectivity index (χ1v) is 18.9. The summed E-state index contributed by atoms with van der Waals surface area (Å²) >= 11 is 9.39. The van der Waals surface area contributed by atoms with Crippen molar-refractivity contribution in [2.45, 2.75) is 37.1 Å². The van der Waals surface area contributed by atoms with Gasteiger partial charge in [0.05, 0.1) is 32.5 Å². The van der Waals surface area contributed by atoms with Crippen molar-refractivity contribution >= 4 is 71.5 Å². The molecule has 46 heavy (non-hydrogen) atoms. The molecule has 2 saturated heterocycles. The summed E-state index contributed by atoms with van der Waals surface area (Å²) in [5.74, 6) is -0.579. The predicted molar refractivity (Wildman–Crippen MR) is 160 cm³/mol. The number of aromatic nitrogens is 11. The number of nitrogens with two attached hydrogens (primary N) is 1. The maximum absolute atomic E-state index is 16.1. The van der Waals surface area contributed by atoms with Crippen LogP contribution in [-0.4, -0.2) is 97.2 Å². The zero-order valence-corrected chi connectivity index (χ0v) is 26.6. The van der Waals surface area contributed by atoms with Crippen LogP contribution in [0.25, 0.3) is 28.1 Å². The number of tetrazole rings is 1. The Labute approximate surface area is 265 Å². The molecule has 244 valence electrons. The first-order valence-electron chi connectivity index (χ1n) is 13.7. The Kier molecular flexibility index (Phi) is 7.29. The topological polar surface area (TPSA) is 247 Å². The van der Waals surface area contributed by atoms with Crippen molar-refractivity contribution in [2.24, 2.45) is 11.8 Å². The third-order valence-corrected chi connectivity index (χ3v) is 11.5. The lowest BCUT2D eigenvalue weighted by Crippen LogP contribution is -2.43. The van der Waals surface area contributed by atoms with Crippen molar-refractivity contribution in [1.29, 1.82) is 0 Å². The van der Waals surface area contributed by atoms with Gasteiger partial charge in [0.2, 0.25) is 0 Å². The van der Waals surface area contributed by atoms with E-state index in [0.717, 1.165) is 4.52 Å². The van der Waals surface area contributed by atoms with Crippen molar-refractivity contribution in [3.05, 3.63) is 29.3 Å². The Bertz CT molecular complexity index is 2150. The Hall–Kier alpha value is -2.98. The lowest BCUT2D eigenvalue weighted by atomic mass is 9.70. The summed E-state index contributed by atoms with van der Waals surface area (Å²) in [6, 6.07) is -0.346. The number of fused-ring (bicyclic) bond motifs is 5. The molecule has 5 aromatic rings. The van der Waals surface area contributed by atoms with Gasteiger partial charge < -0.3 is 33.5 Å². The van der Waals surface area contributed by atoms with E-state index in [1.54, 1.807) is 4.57 Å². The molecule has 1 aliphatic carbocycles. The molecule has 20 nitrogen and oxygen atoms in total. The molecule has 0 aromatic carbocycles. The highest BCUT2D eigenvalue weighted by atomic mass is 32.7. The number of hydrogen-bond acceptors (Lipinski definition) is 16. The minimum Gasteiger partial charge on any atom is -0.382 e. The van der Waals surface area contributed by atoms with E-state index in [9.17, 15) is 14.3 Å². The van der Waals surface area contributed by atoms with Crippen molar-refractivity contribution in [1.82, 2.24) is 54.1 Å². The number of halogens is 1. The molecular weight excluding hydrogens is 693 g/mol. The number of thiol groups is 1. The molecule has 0 amide bonds. The number of nitrogens with one attached hydrogen (secondary N) is 1. The van der Waals surface area contributed by atoms with Crippen LogP contribution in [0.3, 0.4) is 0 Å². The number of nitrogen functional groups attached to an aromatic ring is 1. The van der Waals surface area contributed by atoms with Gasteiger partial charge >= 0.3 is 19.1 Å². The van der Waals surface area contributed by atoms with Gasteiger partial charge in [0.15, 0.2) is 35.0 Å². The van der Waals surface area contributed by atoms with Gasteiger partial charge in [-0.15, -0.1) is 0 Å². The summed E-state index contributed by atoms with van der Waals surface area (Å²) in [4.78, 5) is 44.5. The summed E-state index contributed by atoms with van der Waals surface area (Å²) in [6.07, 6.45) is -1.70. The summed E-state index contributed by atoms with van der Waals surface area (Å²) < 4.78 is 62.1. The molecule has 3 unspecified atom stereocenters. The molecule has 5 aromatic heterocycles. The molecule has 0 bridgehead atoms. The summed E-state index contributed by atoms with van der Waals surface area (Å²) in [5, 5.41) is 9.85. The SMILES string of the molecule is Nc1ncnc2c1ncn2[C@@H]1O[C@@H]2COP(O)(=S)OC[C@H]3C(n4cnc5c(=O)n6[nH]nnc6nc54)C[C@@H]3COP(=O)(S)O[C@H]2[C@H]1F. The quantitative estimate of drug-likeness (QED) is 0.145. The molecule has 9 atom stereocenters. The van der Waals surface area contributed by atoms with Gasteiger partial charge in [-0.25, -0.2) is 28.9 Å². The fourth-order valence-corrected chi connectivity index (χ4v) is 8.66. The number of nitrogens with zero attached hydrogens (tertiary/aromatic N) is 10. The third-order valence-electron chi connectivity index (χ3n) is 8.33. The van der Waals surface area contributed by atoms with E-state index in [4.69, 9.17) is 40.4 Å². The Morgan fingerprint density at radius 2 is 1.87 bits per heavy atom. The lowest BCUT2D eigenvalue weighted by Gasteiger charge is -2.45. The number of imidazole rings is 2. The zero-order chi connectivity index (χ0) is 32.0. The second-order valence-electron chi connectivity index (χ2n) is 10.9. The van der Waals surface area contributed by atoms with Crippen LogP contribution in [0.1, 0.15) is 18.7 Å². The molecule has 0 radical (unpaired) electrons. The van der Waals surface area contributed by atoms with Crippen LogP contribution in [0.5, 0.6) is 0 Å². The highest BCUT2D eigenvalue weighted by molar-refractivity contribution is 8.44. The minimum absolute atomic E-state index is 0.0527. The molecule has 0 spiro atoms. The van der Waals surface area contributed by atoms with Crippen LogP contribution in [0, 0.1) is 11.8 Å². The van der Waals surface area contributed by atoms with Crippen molar-refractivity contribution in [3.8, 4) is 0 Å². The fourth-order valence-electron chi connectivity index (χ4n) is 6.00. The standard InChI is InChI=1S/C21H23FN12O8P2S2/c22-12-15-11(41-20(12)33-7-26-13-16(23)24-5-25-17(13)33)4-40-43(36,45)39-3-9-8(2-38-44(37,46)42-15)1-10(9)32-6-27-14-18(32)28-21-29-30-31-34(21)19(14)35/h5-12,15,20H,1-4H2,(H,36,45)(H,37,46)(H2,23,24,25)(H,28,29,31)/t8-,9-,10?,11-,12-,15-,20-,43?,44?/m1/s1. The molecule has 7 heterocycles. The minimum atomic E-state index is -4.19. The van der Waals surface area contributed by atoms with Gasteiger partial charge in [-0.2, -0.15) is 14.7 Å². The number of H-pyrrole nitrogens is 1. The van der Waals surface area contributed by atoms with Crippen molar-refractivity contribution in [3.63, 3.8) is 0 Å². The largest absolute Gasteiger partial charge is 0.386 e. The van der Waals surface area contributed by atoms with Crippen LogP contribution in [-0.2, 0) is 39.2 Å². The first kappa shape index (κ1) is 30.4. The summed E-state index contributed by atoms with van der Waals surface area (Å²) in [6.45, 7) is -8.84. The van der Waals surface area contributed by atoms with E-state index < -0.39 is 56.2 Å².